The Morgan fingerprint density at radius 2 is 2.04 bits per heavy atom. The molecule has 1 aliphatic heterocycles. The lowest BCUT2D eigenvalue weighted by Gasteiger charge is -2.36. The first-order valence-corrected chi connectivity index (χ1v) is 8.46. The van der Waals surface area contributed by atoms with Crippen LogP contribution in [0, 0.1) is 11.8 Å². The highest BCUT2D eigenvalue weighted by molar-refractivity contribution is 5.72. The minimum Gasteiger partial charge on any atom is -0.469 e. The molecule has 1 fully saturated rings. The van der Waals surface area contributed by atoms with Gasteiger partial charge in [0.2, 0.25) is 0 Å². The predicted molar refractivity (Wildman–Crippen MR) is 89.0 cm³/mol. The van der Waals surface area contributed by atoms with Gasteiger partial charge in [-0.3, -0.25) is 4.79 Å². The minimum absolute atomic E-state index is 0.0437. The number of methoxy groups -OCH3 is 1. The van der Waals surface area contributed by atoms with Gasteiger partial charge >= 0.3 is 5.97 Å². The van der Waals surface area contributed by atoms with Crippen LogP contribution in [0.1, 0.15) is 38.7 Å². The fourth-order valence-electron chi connectivity index (χ4n) is 3.06. The Kier molecular flexibility index (Phi) is 7.06. The number of esters is 1. The van der Waals surface area contributed by atoms with Crippen LogP contribution in [-0.4, -0.2) is 31.9 Å². The third kappa shape index (κ3) is 5.33. The van der Waals surface area contributed by atoms with Gasteiger partial charge in [-0.1, -0.05) is 37.3 Å². The Morgan fingerprint density at radius 3 is 2.74 bits per heavy atom. The van der Waals surface area contributed by atoms with E-state index in [0.717, 1.165) is 19.3 Å². The molecule has 128 valence electrons. The third-order valence-electron chi connectivity index (χ3n) is 4.68. The van der Waals surface area contributed by atoms with E-state index in [-0.39, 0.29) is 24.1 Å². The number of hydrogen-bond donors (Lipinski definition) is 0. The van der Waals surface area contributed by atoms with Crippen molar-refractivity contribution in [3.8, 4) is 0 Å². The molecule has 0 saturated carbocycles. The molecule has 0 aliphatic carbocycles. The van der Waals surface area contributed by atoms with Crippen molar-refractivity contribution in [1.82, 2.24) is 0 Å². The zero-order valence-corrected chi connectivity index (χ0v) is 14.4. The average molecular weight is 320 g/mol. The summed E-state index contributed by atoms with van der Waals surface area (Å²) >= 11 is 0. The van der Waals surface area contributed by atoms with Crippen LogP contribution in [0.5, 0.6) is 0 Å². The van der Waals surface area contributed by atoms with Gasteiger partial charge in [0.15, 0.2) is 0 Å². The van der Waals surface area contributed by atoms with Crippen LogP contribution in [0.15, 0.2) is 30.3 Å². The zero-order valence-electron chi connectivity index (χ0n) is 14.4. The topological polar surface area (TPSA) is 44.8 Å². The lowest BCUT2D eigenvalue weighted by molar-refractivity contribution is -0.159. The second-order valence-corrected chi connectivity index (χ2v) is 6.41. The second kappa shape index (κ2) is 9.04. The summed E-state index contributed by atoms with van der Waals surface area (Å²) in [6.07, 6.45) is 2.96. The van der Waals surface area contributed by atoms with Gasteiger partial charge in [-0.2, -0.15) is 0 Å². The van der Waals surface area contributed by atoms with Gasteiger partial charge < -0.3 is 14.2 Å². The summed E-state index contributed by atoms with van der Waals surface area (Å²) < 4.78 is 16.7. The Bertz CT molecular complexity index is 474. The van der Waals surface area contributed by atoms with Gasteiger partial charge in [-0.15, -0.1) is 0 Å². The summed E-state index contributed by atoms with van der Waals surface area (Å²) in [6.45, 7) is 5.39. The maximum atomic E-state index is 11.7. The largest absolute Gasteiger partial charge is 0.469 e. The van der Waals surface area contributed by atoms with Crippen molar-refractivity contribution in [2.75, 3.05) is 13.7 Å². The van der Waals surface area contributed by atoms with Crippen molar-refractivity contribution in [3.63, 3.8) is 0 Å². The molecule has 2 rings (SSSR count). The van der Waals surface area contributed by atoms with Crippen molar-refractivity contribution in [3.05, 3.63) is 35.9 Å². The highest BCUT2D eigenvalue weighted by atomic mass is 16.5. The van der Waals surface area contributed by atoms with E-state index in [4.69, 9.17) is 14.2 Å². The maximum Gasteiger partial charge on any atom is 0.311 e. The van der Waals surface area contributed by atoms with E-state index in [1.54, 1.807) is 0 Å². The number of benzene rings is 1. The van der Waals surface area contributed by atoms with Crippen LogP contribution >= 0.6 is 0 Å². The van der Waals surface area contributed by atoms with Crippen LogP contribution in [0.3, 0.4) is 0 Å². The van der Waals surface area contributed by atoms with Crippen LogP contribution < -0.4 is 0 Å². The first kappa shape index (κ1) is 18.0. The third-order valence-corrected chi connectivity index (χ3v) is 4.68. The lowest BCUT2D eigenvalue weighted by Crippen LogP contribution is -2.40. The first-order chi connectivity index (χ1) is 11.1. The second-order valence-electron chi connectivity index (χ2n) is 6.41. The molecule has 0 unspecified atom stereocenters. The number of rotatable bonds is 7. The van der Waals surface area contributed by atoms with E-state index in [1.165, 1.54) is 12.7 Å². The Hall–Kier alpha value is -1.39. The molecule has 1 aromatic carbocycles. The van der Waals surface area contributed by atoms with E-state index in [9.17, 15) is 4.79 Å². The summed E-state index contributed by atoms with van der Waals surface area (Å²) in [4.78, 5) is 11.7. The van der Waals surface area contributed by atoms with Crippen LogP contribution in [-0.2, 0) is 25.6 Å². The Labute approximate surface area is 139 Å². The van der Waals surface area contributed by atoms with E-state index >= 15 is 0 Å². The molecule has 1 saturated heterocycles. The smallest absolute Gasteiger partial charge is 0.311 e. The number of ether oxygens (including phenoxy) is 3. The molecular weight excluding hydrogens is 292 g/mol. The van der Waals surface area contributed by atoms with E-state index < -0.39 is 0 Å². The van der Waals surface area contributed by atoms with Crippen LogP contribution in [0.2, 0.25) is 0 Å². The standard InChI is InChI=1S/C19H28O4/c1-14-9-10-18(15(2)19(20)21-3)23-17(14)11-12-22-13-16-7-5-4-6-8-16/h4-8,14-15,17-18H,9-13H2,1-3H3/t14-,15-,17+,18-/m0/s1. The normalized spacial score (nSPS) is 25.8. The van der Waals surface area contributed by atoms with Gasteiger partial charge in [-0.05, 0) is 37.7 Å². The molecule has 0 spiro atoms. The van der Waals surface area contributed by atoms with Gasteiger partial charge in [0.1, 0.15) is 0 Å². The molecule has 23 heavy (non-hydrogen) atoms. The SMILES string of the molecule is COC(=O)[C@@H](C)[C@@H]1CC[C@H](C)[C@@H](CCOCc2ccccc2)O1. The van der Waals surface area contributed by atoms with E-state index in [2.05, 4.69) is 19.1 Å². The Balaban J connectivity index is 1.75. The molecule has 0 radical (unpaired) electrons. The van der Waals surface area contributed by atoms with Gasteiger partial charge in [-0.25, -0.2) is 0 Å². The van der Waals surface area contributed by atoms with E-state index in [1.807, 2.05) is 25.1 Å². The molecule has 1 aromatic rings. The van der Waals surface area contributed by atoms with E-state index in [0.29, 0.717) is 19.1 Å². The predicted octanol–water partition coefficient (Wildman–Crippen LogP) is 3.59. The molecule has 0 bridgehead atoms. The molecular formula is C19H28O4. The quantitative estimate of drug-likeness (QED) is 0.569. The summed E-state index contributed by atoms with van der Waals surface area (Å²) in [5.74, 6) is 0.0975. The first-order valence-electron chi connectivity index (χ1n) is 8.46. The number of carbonyl (C=O) groups excluding carboxylic acids is 1. The van der Waals surface area contributed by atoms with Crippen LogP contribution in [0.4, 0.5) is 0 Å². The highest BCUT2D eigenvalue weighted by Crippen LogP contribution is 2.30. The maximum absolute atomic E-state index is 11.7. The van der Waals surface area contributed by atoms with Gasteiger partial charge in [0.05, 0.1) is 31.8 Å². The molecule has 0 amide bonds. The fourth-order valence-corrected chi connectivity index (χ4v) is 3.06. The average Bonchev–Trinajstić information content (AvgIpc) is 2.59. The fraction of sp³-hybridized carbons (Fsp3) is 0.632. The number of carbonyl (C=O) groups is 1. The van der Waals surface area contributed by atoms with Crippen molar-refractivity contribution in [1.29, 1.82) is 0 Å². The molecule has 1 aliphatic rings. The summed E-state index contributed by atoms with van der Waals surface area (Å²) in [6, 6.07) is 10.2. The van der Waals surface area contributed by atoms with Crippen molar-refractivity contribution < 1.29 is 19.0 Å². The number of hydrogen-bond acceptors (Lipinski definition) is 4. The van der Waals surface area contributed by atoms with Gasteiger partial charge in [0, 0.05) is 6.61 Å². The molecule has 4 nitrogen and oxygen atoms in total. The molecule has 4 heteroatoms. The molecule has 1 heterocycles. The minimum atomic E-state index is -0.208. The van der Waals surface area contributed by atoms with Crippen molar-refractivity contribution in [2.24, 2.45) is 11.8 Å². The summed E-state index contributed by atoms with van der Waals surface area (Å²) in [5.41, 5.74) is 1.18. The monoisotopic (exact) mass is 320 g/mol. The zero-order chi connectivity index (χ0) is 16.7. The summed E-state index contributed by atoms with van der Waals surface area (Å²) in [7, 11) is 1.43. The van der Waals surface area contributed by atoms with Gasteiger partial charge in [0.25, 0.3) is 0 Å². The van der Waals surface area contributed by atoms with Crippen molar-refractivity contribution >= 4 is 5.97 Å². The molecule has 0 aromatic heterocycles. The molecule has 4 atom stereocenters. The summed E-state index contributed by atoms with van der Waals surface area (Å²) in [5, 5.41) is 0. The lowest BCUT2D eigenvalue weighted by atomic mass is 9.87. The highest BCUT2D eigenvalue weighted by Gasteiger charge is 2.34. The Morgan fingerprint density at radius 1 is 1.30 bits per heavy atom. The molecule has 0 N–H and O–H groups in total. The van der Waals surface area contributed by atoms with Crippen molar-refractivity contribution in [2.45, 2.75) is 51.9 Å². The van der Waals surface area contributed by atoms with Crippen LogP contribution in [0.25, 0.3) is 0 Å².